The van der Waals surface area contributed by atoms with Gasteiger partial charge in [0.15, 0.2) is 5.78 Å². The van der Waals surface area contributed by atoms with E-state index >= 15 is 0 Å². The minimum absolute atomic E-state index is 0.181. The molecular formula is C9H12O4. The minimum atomic E-state index is -1.15. The van der Waals surface area contributed by atoms with Gasteiger partial charge in [0.1, 0.15) is 18.8 Å². The van der Waals surface area contributed by atoms with E-state index in [1.165, 1.54) is 6.26 Å². The molecule has 0 radical (unpaired) electrons. The summed E-state index contributed by atoms with van der Waals surface area (Å²) in [5.74, 6) is -0.577. The van der Waals surface area contributed by atoms with E-state index in [0.29, 0.717) is 0 Å². The average Bonchev–Trinajstić information content (AvgIpc) is 2.18. The molecule has 0 aromatic carbocycles. The molecule has 0 saturated carbocycles. The van der Waals surface area contributed by atoms with Gasteiger partial charge in [-0.25, -0.2) is 0 Å². The van der Waals surface area contributed by atoms with Crippen LogP contribution in [0.25, 0.3) is 0 Å². The molecule has 13 heavy (non-hydrogen) atoms. The van der Waals surface area contributed by atoms with Crippen molar-refractivity contribution in [3.8, 4) is 0 Å². The summed E-state index contributed by atoms with van der Waals surface area (Å²) in [6.45, 7) is -0.632. The van der Waals surface area contributed by atoms with Crippen molar-refractivity contribution in [3.05, 3.63) is 24.5 Å². The summed E-state index contributed by atoms with van der Waals surface area (Å²) in [6, 6.07) is 0. The number of ketones is 1. The number of ether oxygens (including phenoxy) is 1. The maximum Gasteiger partial charge on any atom is 0.186 e. The summed E-state index contributed by atoms with van der Waals surface area (Å²) in [7, 11) is 0. The topological polar surface area (TPSA) is 66.8 Å². The van der Waals surface area contributed by atoms with Gasteiger partial charge < -0.3 is 14.9 Å². The Bertz CT molecular complexity index is 232. The molecule has 0 bridgehead atoms. The lowest BCUT2D eigenvalue weighted by molar-refractivity contribution is -0.131. The third kappa shape index (κ3) is 3.01. The monoisotopic (exact) mass is 184 g/mol. The predicted molar refractivity (Wildman–Crippen MR) is 45.9 cm³/mol. The molecule has 2 unspecified atom stereocenters. The molecule has 2 atom stereocenters. The molecule has 1 aliphatic heterocycles. The second-order valence-electron chi connectivity index (χ2n) is 2.76. The van der Waals surface area contributed by atoms with Gasteiger partial charge in [0.25, 0.3) is 0 Å². The van der Waals surface area contributed by atoms with Crippen LogP contribution in [0.1, 0.15) is 6.42 Å². The first kappa shape index (κ1) is 9.95. The van der Waals surface area contributed by atoms with Gasteiger partial charge in [0.2, 0.25) is 0 Å². The SMILES string of the molecule is O=C(CO)C(O)CC1C=CC=CO1. The Morgan fingerprint density at radius 3 is 2.85 bits per heavy atom. The summed E-state index contributed by atoms with van der Waals surface area (Å²) >= 11 is 0. The molecular weight excluding hydrogens is 172 g/mol. The normalized spacial score (nSPS) is 22.5. The van der Waals surface area contributed by atoms with E-state index < -0.39 is 18.5 Å². The van der Waals surface area contributed by atoms with E-state index in [9.17, 15) is 9.90 Å². The van der Waals surface area contributed by atoms with E-state index in [1.54, 1.807) is 18.2 Å². The quantitative estimate of drug-likeness (QED) is 0.633. The number of allylic oxidation sites excluding steroid dienone is 2. The molecule has 0 spiro atoms. The maximum absolute atomic E-state index is 10.8. The lowest BCUT2D eigenvalue weighted by Gasteiger charge is -2.17. The predicted octanol–water partition coefficient (Wildman–Crippen LogP) is -0.233. The third-order valence-corrected chi connectivity index (χ3v) is 1.75. The van der Waals surface area contributed by atoms with Crippen LogP contribution in [0.15, 0.2) is 24.5 Å². The highest BCUT2D eigenvalue weighted by atomic mass is 16.5. The van der Waals surface area contributed by atoms with Gasteiger partial charge in [0, 0.05) is 6.42 Å². The molecule has 4 heteroatoms. The molecule has 0 aliphatic carbocycles. The molecule has 1 heterocycles. The van der Waals surface area contributed by atoms with E-state index in [1.807, 2.05) is 0 Å². The fraction of sp³-hybridized carbons (Fsp3) is 0.444. The van der Waals surface area contributed by atoms with Crippen LogP contribution in [0.4, 0.5) is 0 Å². The van der Waals surface area contributed by atoms with Crippen LogP contribution < -0.4 is 0 Å². The van der Waals surface area contributed by atoms with Crippen molar-refractivity contribution in [2.24, 2.45) is 0 Å². The fourth-order valence-corrected chi connectivity index (χ4v) is 1.02. The Morgan fingerprint density at radius 1 is 1.54 bits per heavy atom. The van der Waals surface area contributed by atoms with Crippen LogP contribution in [0.3, 0.4) is 0 Å². The number of carbonyl (C=O) groups is 1. The smallest absolute Gasteiger partial charge is 0.186 e. The van der Waals surface area contributed by atoms with Gasteiger partial charge in [-0.2, -0.15) is 0 Å². The molecule has 1 aliphatic rings. The maximum atomic E-state index is 10.8. The highest BCUT2D eigenvalue weighted by Gasteiger charge is 2.19. The molecule has 72 valence electrons. The van der Waals surface area contributed by atoms with Gasteiger partial charge in [-0.1, -0.05) is 6.08 Å². The first-order valence-electron chi connectivity index (χ1n) is 4.04. The van der Waals surface area contributed by atoms with Crippen LogP contribution in [0.5, 0.6) is 0 Å². The zero-order valence-electron chi connectivity index (χ0n) is 7.09. The number of hydrogen-bond acceptors (Lipinski definition) is 4. The molecule has 2 N–H and O–H groups in total. The summed E-state index contributed by atoms with van der Waals surface area (Å²) in [6.07, 6.45) is 5.50. The summed E-state index contributed by atoms with van der Waals surface area (Å²) in [4.78, 5) is 10.8. The van der Waals surface area contributed by atoms with Crippen molar-refractivity contribution in [1.82, 2.24) is 0 Å². The van der Waals surface area contributed by atoms with Gasteiger partial charge in [-0.15, -0.1) is 0 Å². The van der Waals surface area contributed by atoms with Crippen molar-refractivity contribution in [2.45, 2.75) is 18.6 Å². The van der Waals surface area contributed by atoms with Gasteiger partial charge >= 0.3 is 0 Å². The van der Waals surface area contributed by atoms with E-state index in [2.05, 4.69) is 0 Å². The zero-order valence-corrected chi connectivity index (χ0v) is 7.09. The molecule has 0 amide bonds. The average molecular weight is 184 g/mol. The van der Waals surface area contributed by atoms with Gasteiger partial charge in [-0.3, -0.25) is 4.79 Å². The van der Waals surface area contributed by atoms with Gasteiger partial charge in [0.05, 0.1) is 6.26 Å². The Kier molecular flexibility index (Phi) is 3.67. The number of carbonyl (C=O) groups excluding carboxylic acids is 1. The molecule has 1 rings (SSSR count). The molecule has 0 saturated heterocycles. The van der Waals surface area contributed by atoms with E-state index in [4.69, 9.17) is 9.84 Å². The van der Waals surface area contributed by atoms with Crippen molar-refractivity contribution in [2.75, 3.05) is 6.61 Å². The Morgan fingerprint density at radius 2 is 2.31 bits per heavy atom. The number of hydrogen-bond donors (Lipinski definition) is 2. The fourth-order valence-electron chi connectivity index (χ4n) is 1.02. The van der Waals surface area contributed by atoms with Crippen LogP contribution in [-0.4, -0.2) is 34.8 Å². The van der Waals surface area contributed by atoms with E-state index in [-0.39, 0.29) is 12.5 Å². The van der Waals surface area contributed by atoms with Crippen LogP contribution in [0, 0.1) is 0 Å². The summed E-state index contributed by atoms with van der Waals surface area (Å²) in [5.41, 5.74) is 0. The largest absolute Gasteiger partial charge is 0.494 e. The van der Waals surface area contributed by atoms with E-state index in [0.717, 1.165) is 0 Å². The number of aliphatic hydroxyl groups excluding tert-OH is 2. The highest BCUT2D eigenvalue weighted by molar-refractivity contribution is 5.83. The first-order valence-corrected chi connectivity index (χ1v) is 4.04. The second kappa shape index (κ2) is 4.79. The Balaban J connectivity index is 2.36. The second-order valence-corrected chi connectivity index (χ2v) is 2.76. The third-order valence-electron chi connectivity index (χ3n) is 1.75. The minimum Gasteiger partial charge on any atom is -0.494 e. The zero-order chi connectivity index (χ0) is 9.68. The van der Waals surface area contributed by atoms with Gasteiger partial charge in [-0.05, 0) is 12.2 Å². The van der Waals surface area contributed by atoms with Crippen molar-refractivity contribution in [1.29, 1.82) is 0 Å². The van der Waals surface area contributed by atoms with Crippen LogP contribution >= 0.6 is 0 Å². The molecule has 0 aromatic heterocycles. The number of rotatable bonds is 4. The number of aliphatic hydroxyl groups is 2. The van der Waals surface area contributed by atoms with Crippen LogP contribution in [0.2, 0.25) is 0 Å². The molecule has 4 nitrogen and oxygen atoms in total. The summed E-state index contributed by atoms with van der Waals surface area (Å²) < 4.78 is 5.08. The first-order chi connectivity index (χ1) is 6.24. The van der Waals surface area contributed by atoms with Crippen molar-refractivity contribution in [3.63, 3.8) is 0 Å². The highest BCUT2D eigenvalue weighted by Crippen LogP contribution is 2.09. The van der Waals surface area contributed by atoms with Crippen LogP contribution in [-0.2, 0) is 9.53 Å². The standard InChI is InChI=1S/C9H12O4/c10-6-9(12)8(11)5-7-3-1-2-4-13-7/h1-4,7-8,10-11H,5-6H2. The van der Waals surface area contributed by atoms with Crippen molar-refractivity contribution >= 4 is 5.78 Å². The molecule has 0 fully saturated rings. The lowest BCUT2D eigenvalue weighted by atomic mass is 10.1. The Hall–Kier alpha value is -1.13. The Labute approximate surface area is 76.1 Å². The lowest BCUT2D eigenvalue weighted by Crippen LogP contribution is -2.28. The summed E-state index contributed by atoms with van der Waals surface area (Å²) in [5, 5.41) is 17.7. The molecule has 0 aromatic rings. The van der Waals surface area contributed by atoms with Crippen molar-refractivity contribution < 1.29 is 19.7 Å². The number of Topliss-reactive ketones (excluding diaryl/α,β-unsaturated/α-hetero) is 1.